The SMILES string of the molecule is COc1ccc(CN(C)C(=O)Cn2nnc3ccccc32)cc1F. The number of aromatic nitrogens is 3. The molecule has 0 bridgehead atoms. The minimum atomic E-state index is -0.446. The lowest BCUT2D eigenvalue weighted by Gasteiger charge is -2.17. The van der Waals surface area contributed by atoms with Gasteiger partial charge < -0.3 is 9.64 Å². The number of carbonyl (C=O) groups excluding carboxylic acids is 1. The van der Waals surface area contributed by atoms with E-state index >= 15 is 0 Å². The standard InChI is InChI=1S/C17H17FN4O2/c1-21(10-12-7-8-16(24-2)13(18)9-12)17(23)11-22-15-6-4-3-5-14(15)19-20-22/h3-9H,10-11H2,1-2H3. The molecular formula is C17H17FN4O2. The smallest absolute Gasteiger partial charge is 0.244 e. The van der Waals surface area contributed by atoms with Crippen molar-refractivity contribution in [2.24, 2.45) is 0 Å². The van der Waals surface area contributed by atoms with Crippen LogP contribution in [0.1, 0.15) is 5.56 Å². The number of amides is 1. The van der Waals surface area contributed by atoms with Crippen molar-refractivity contribution in [3.8, 4) is 5.75 Å². The maximum atomic E-state index is 13.7. The van der Waals surface area contributed by atoms with Gasteiger partial charge in [0, 0.05) is 13.6 Å². The number of methoxy groups -OCH3 is 1. The van der Waals surface area contributed by atoms with Gasteiger partial charge in [-0.15, -0.1) is 5.10 Å². The molecule has 0 saturated heterocycles. The molecule has 1 amide bonds. The molecule has 124 valence electrons. The minimum Gasteiger partial charge on any atom is -0.494 e. The quantitative estimate of drug-likeness (QED) is 0.721. The van der Waals surface area contributed by atoms with E-state index in [1.807, 2.05) is 24.3 Å². The van der Waals surface area contributed by atoms with Crippen LogP contribution in [0.15, 0.2) is 42.5 Å². The number of fused-ring (bicyclic) bond motifs is 1. The van der Waals surface area contributed by atoms with Gasteiger partial charge in [-0.1, -0.05) is 23.4 Å². The molecule has 0 radical (unpaired) electrons. The van der Waals surface area contributed by atoms with Crippen LogP contribution in [0.3, 0.4) is 0 Å². The Morgan fingerprint density at radius 2 is 2.08 bits per heavy atom. The van der Waals surface area contributed by atoms with E-state index < -0.39 is 5.82 Å². The summed E-state index contributed by atoms with van der Waals surface area (Å²) in [6.45, 7) is 0.377. The lowest BCUT2D eigenvalue weighted by molar-refractivity contribution is -0.131. The van der Waals surface area contributed by atoms with Gasteiger partial charge in [-0.2, -0.15) is 0 Å². The van der Waals surface area contributed by atoms with Crippen molar-refractivity contribution in [1.82, 2.24) is 19.9 Å². The number of ether oxygens (including phenoxy) is 1. The third-order valence-electron chi connectivity index (χ3n) is 3.77. The van der Waals surface area contributed by atoms with Gasteiger partial charge >= 0.3 is 0 Å². The van der Waals surface area contributed by atoms with Crippen LogP contribution in [0.25, 0.3) is 11.0 Å². The molecule has 24 heavy (non-hydrogen) atoms. The van der Waals surface area contributed by atoms with E-state index in [4.69, 9.17) is 4.74 Å². The van der Waals surface area contributed by atoms with Crippen molar-refractivity contribution in [1.29, 1.82) is 0 Å². The van der Waals surface area contributed by atoms with Crippen LogP contribution in [0.2, 0.25) is 0 Å². The fourth-order valence-corrected chi connectivity index (χ4v) is 2.45. The van der Waals surface area contributed by atoms with Gasteiger partial charge in [0.15, 0.2) is 11.6 Å². The zero-order valence-electron chi connectivity index (χ0n) is 13.4. The Kier molecular flexibility index (Phi) is 4.41. The number of nitrogens with zero attached hydrogens (tertiary/aromatic N) is 4. The first-order chi connectivity index (χ1) is 11.6. The maximum absolute atomic E-state index is 13.7. The zero-order chi connectivity index (χ0) is 17.1. The first-order valence-corrected chi connectivity index (χ1v) is 7.43. The molecule has 6 nitrogen and oxygen atoms in total. The van der Waals surface area contributed by atoms with Crippen LogP contribution in [-0.2, 0) is 17.9 Å². The molecule has 0 N–H and O–H groups in total. The molecule has 0 atom stereocenters. The van der Waals surface area contributed by atoms with E-state index in [2.05, 4.69) is 10.3 Å². The Hall–Kier alpha value is -2.96. The van der Waals surface area contributed by atoms with Crippen LogP contribution >= 0.6 is 0 Å². The molecule has 3 aromatic rings. The molecule has 0 spiro atoms. The zero-order valence-corrected chi connectivity index (χ0v) is 13.4. The monoisotopic (exact) mass is 328 g/mol. The van der Waals surface area contributed by atoms with Gasteiger partial charge in [-0.25, -0.2) is 9.07 Å². The van der Waals surface area contributed by atoms with E-state index in [0.29, 0.717) is 12.1 Å². The molecule has 0 aliphatic heterocycles. The molecule has 2 aromatic carbocycles. The second-order valence-corrected chi connectivity index (χ2v) is 5.45. The van der Waals surface area contributed by atoms with Crippen molar-refractivity contribution in [2.45, 2.75) is 13.1 Å². The first-order valence-electron chi connectivity index (χ1n) is 7.43. The predicted octanol–water partition coefficient (Wildman–Crippen LogP) is 2.24. The Bertz CT molecular complexity index is 878. The molecule has 0 unspecified atom stereocenters. The van der Waals surface area contributed by atoms with Gasteiger partial charge in [0.05, 0.1) is 12.6 Å². The average Bonchev–Trinajstić information content (AvgIpc) is 2.98. The number of carbonyl (C=O) groups is 1. The highest BCUT2D eigenvalue weighted by molar-refractivity contribution is 5.79. The van der Waals surface area contributed by atoms with Crippen LogP contribution in [0.4, 0.5) is 4.39 Å². The summed E-state index contributed by atoms with van der Waals surface area (Å²) in [4.78, 5) is 13.9. The summed E-state index contributed by atoms with van der Waals surface area (Å²) in [5.41, 5.74) is 2.23. The highest BCUT2D eigenvalue weighted by atomic mass is 19.1. The lowest BCUT2D eigenvalue weighted by atomic mass is 10.2. The van der Waals surface area contributed by atoms with Crippen molar-refractivity contribution in [2.75, 3.05) is 14.2 Å². The molecule has 3 rings (SSSR count). The number of benzene rings is 2. The second kappa shape index (κ2) is 6.66. The summed E-state index contributed by atoms with van der Waals surface area (Å²) in [6.07, 6.45) is 0. The average molecular weight is 328 g/mol. The molecule has 1 aromatic heterocycles. The van der Waals surface area contributed by atoms with Crippen molar-refractivity contribution in [3.63, 3.8) is 0 Å². The van der Waals surface area contributed by atoms with Gasteiger partial charge in [-0.3, -0.25) is 4.79 Å². The Labute approximate surface area is 138 Å². The highest BCUT2D eigenvalue weighted by Crippen LogP contribution is 2.18. The number of hydrogen-bond acceptors (Lipinski definition) is 4. The van der Waals surface area contributed by atoms with E-state index in [1.165, 1.54) is 18.1 Å². The normalized spacial score (nSPS) is 10.8. The molecular weight excluding hydrogens is 311 g/mol. The Morgan fingerprint density at radius 1 is 1.29 bits per heavy atom. The fraction of sp³-hybridized carbons (Fsp3) is 0.235. The third-order valence-corrected chi connectivity index (χ3v) is 3.77. The van der Waals surface area contributed by atoms with Gasteiger partial charge in [0.25, 0.3) is 0 Å². The van der Waals surface area contributed by atoms with Crippen LogP contribution in [0, 0.1) is 5.82 Å². The van der Waals surface area contributed by atoms with E-state index in [1.54, 1.807) is 23.9 Å². The highest BCUT2D eigenvalue weighted by Gasteiger charge is 2.14. The third kappa shape index (κ3) is 3.19. The number of likely N-dealkylation sites (N-methyl/N-ethyl adjacent to an activating group) is 1. The summed E-state index contributed by atoms with van der Waals surface area (Å²) in [5, 5.41) is 8.03. The van der Waals surface area contributed by atoms with E-state index in [-0.39, 0.29) is 18.2 Å². The summed E-state index contributed by atoms with van der Waals surface area (Å²) < 4.78 is 20.2. The lowest BCUT2D eigenvalue weighted by Crippen LogP contribution is -2.30. The van der Waals surface area contributed by atoms with Crippen LogP contribution in [0.5, 0.6) is 5.75 Å². The minimum absolute atomic E-state index is 0.0790. The summed E-state index contributed by atoms with van der Waals surface area (Å²) in [5.74, 6) is -0.401. The number of rotatable bonds is 5. The topological polar surface area (TPSA) is 60.2 Å². The number of halogens is 1. The Balaban J connectivity index is 1.69. The number of hydrogen-bond donors (Lipinski definition) is 0. The summed E-state index contributed by atoms with van der Waals surface area (Å²) in [6, 6.07) is 12.1. The molecule has 7 heteroatoms. The van der Waals surface area contributed by atoms with Crippen molar-refractivity contribution in [3.05, 3.63) is 53.8 Å². The van der Waals surface area contributed by atoms with E-state index in [0.717, 1.165) is 11.0 Å². The van der Waals surface area contributed by atoms with Gasteiger partial charge in [-0.05, 0) is 29.8 Å². The second-order valence-electron chi connectivity index (χ2n) is 5.45. The molecule has 0 aliphatic rings. The molecule has 0 aliphatic carbocycles. The van der Waals surface area contributed by atoms with E-state index in [9.17, 15) is 9.18 Å². The Morgan fingerprint density at radius 3 is 2.83 bits per heavy atom. The summed E-state index contributed by atoms with van der Waals surface area (Å²) in [7, 11) is 3.08. The molecule has 0 fully saturated rings. The van der Waals surface area contributed by atoms with Crippen LogP contribution < -0.4 is 4.74 Å². The van der Waals surface area contributed by atoms with Crippen molar-refractivity contribution >= 4 is 16.9 Å². The van der Waals surface area contributed by atoms with Gasteiger partial charge in [0.1, 0.15) is 12.1 Å². The molecule has 0 saturated carbocycles. The predicted molar refractivity (Wildman–Crippen MR) is 87.0 cm³/mol. The first kappa shape index (κ1) is 15.9. The molecule has 1 heterocycles. The largest absolute Gasteiger partial charge is 0.494 e. The maximum Gasteiger partial charge on any atom is 0.244 e. The fourth-order valence-electron chi connectivity index (χ4n) is 2.45. The number of para-hydroxylation sites is 1. The van der Waals surface area contributed by atoms with Gasteiger partial charge in [0.2, 0.25) is 5.91 Å². The summed E-state index contributed by atoms with van der Waals surface area (Å²) >= 11 is 0. The van der Waals surface area contributed by atoms with Crippen LogP contribution in [-0.4, -0.2) is 40.0 Å². The van der Waals surface area contributed by atoms with Crippen molar-refractivity contribution < 1.29 is 13.9 Å².